The number of hydrogen-bond acceptors (Lipinski definition) is 5. The molecular weight excluding hydrogens is 493 g/mol. The number of ether oxygens (including phenoxy) is 1. The summed E-state index contributed by atoms with van der Waals surface area (Å²) in [6.07, 6.45) is 6.94. The van der Waals surface area contributed by atoms with Gasteiger partial charge >= 0.3 is 0 Å². The number of guanidine groups is 1. The van der Waals surface area contributed by atoms with Gasteiger partial charge in [-0.25, -0.2) is 9.98 Å². The third-order valence-electron chi connectivity index (χ3n) is 4.96. The molecule has 2 aromatic heterocycles. The average Bonchev–Trinajstić information content (AvgIpc) is 3.46. The van der Waals surface area contributed by atoms with Gasteiger partial charge in [0.05, 0.1) is 25.5 Å². The number of aromatic nitrogens is 1. The molecule has 0 aromatic carbocycles. The van der Waals surface area contributed by atoms with Gasteiger partial charge in [0.2, 0.25) is 5.88 Å². The van der Waals surface area contributed by atoms with E-state index in [1.807, 2.05) is 18.2 Å². The molecule has 3 rings (SSSR count). The molecule has 0 aliphatic carbocycles. The molecule has 3 heterocycles. The molecular formula is C22H34IN5O2. The molecule has 1 unspecified atom stereocenters. The van der Waals surface area contributed by atoms with Crippen LogP contribution in [-0.2, 0) is 6.54 Å². The summed E-state index contributed by atoms with van der Waals surface area (Å²) in [6, 6.07) is 8.16. The Balaban J connectivity index is 0.00000320. The molecule has 2 N–H and O–H groups in total. The van der Waals surface area contributed by atoms with Crippen molar-refractivity contribution in [3.63, 3.8) is 0 Å². The van der Waals surface area contributed by atoms with Gasteiger partial charge in [-0.05, 0) is 57.5 Å². The molecule has 0 saturated carbocycles. The van der Waals surface area contributed by atoms with E-state index in [0.29, 0.717) is 19.0 Å². The van der Waals surface area contributed by atoms with Gasteiger partial charge in [-0.3, -0.25) is 4.90 Å². The van der Waals surface area contributed by atoms with E-state index in [1.165, 1.54) is 12.8 Å². The molecule has 0 amide bonds. The monoisotopic (exact) mass is 527 g/mol. The second kappa shape index (κ2) is 13.5. The molecule has 1 atom stereocenters. The highest BCUT2D eigenvalue weighted by atomic mass is 127. The van der Waals surface area contributed by atoms with Crippen molar-refractivity contribution in [3.05, 3.63) is 48.0 Å². The number of nitrogens with zero attached hydrogens (tertiary/aromatic N) is 3. The number of hydrogen-bond donors (Lipinski definition) is 2. The third-order valence-corrected chi connectivity index (χ3v) is 4.96. The Labute approximate surface area is 196 Å². The maximum atomic E-state index is 5.75. The van der Waals surface area contributed by atoms with Gasteiger partial charge in [0.15, 0.2) is 5.96 Å². The van der Waals surface area contributed by atoms with Gasteiger partial charge < -0.3 is 19.8 Å². The topological polar surface area (TPSA) is 74.9 Å². The lowest BCUT2D eigenvalue weighted by Gasteiger charge is -2.26. The van der Waals surface area contributed by atoms with Crippen LogP contribution in [0.2, 0.25) is 0 Å². The first kappa shape index (κ1) is 24.5. The highest BCUT2D eigenvalue weighted by Crippen LogP contribution is 2.24. The fourth-order valence-electron chi connectivity index (χ4n) is 3.52. The maximum Gasteiger partial charge on any atom is 0.218 e. The van der Waals surface area contributed by atoms with E-state index >= 15 is 0 Å². The van der Waals surface area contributed by atoms with Crippen LogP contribution in [0.15, 0.2) is 46.1 Å². The molecule has 30 heavy (non-hydrogen) atoms. The lowest BCUT2D eigenvalue weighted by molar-refractivity contribution is 0.215. The summed E-state index contributed by atoms with van der Waals surface area (Å²) in [7, 11) is 0. The van der Waals surface area contributed by atoms with Crippen LogP contribution in [0.4, 0.5) is 0 Å². The number of pyridine rings is 1. The fourth-order valence-corrected chi connectivity index (χ4v) is 3.52. The van der Waals surface area contributed by atoms with Gasteiger partial charge in [0.1, 0.15) is 5.76 Å². The zero-order chi connectivity index (χ0) is 20.3. The molecule has 7 nitrogen and oxygen atoms in total. The van der Waals surface area contributed by atoms with Crippen LogP contribution in [-0.4, -0.2) is 48.6 Å². The Hall–Kier alpha value is -1.81. The Kier molecular flexibility index (Phi) is 11.0. The predicted molar refractivity (Wildman–Crippen MR) is 131 cm³/mol. The molecule has 0 radical (unpaired) electrons. The summed E-state index contributed by atoms with van der Waals surface area (Å²) in [4.78, 5) is 11.6. The predicted octanol–water partition coefficient (Wildman–Crippen LogP) is 3.97. The molecule has 1 aliphatic heterocycles. The maximum absolute atomic E-state index is 5.75. The lowest BCUT2D eigenvalue weighted by Crippen LogP contribution is -2.42. The Morgan fingerprint density at radius 1 is 1.23 bits per heavy atom. The molecule has 0 bridgehead atoms. The summed E-state index contributed by atoms with van der Waals surface area (Å²) in [5.74, 6) is 2.45. The number of likely N-dealkylation sites (tertiary alicyclic amines) is 1. The van der Waals surface area contributed by atoms with Crippen molar-refractivity contribution in [2.45, 2.75) is 45.7 Å². The summed E-state index contributed by atoms with van der Waals surface area (Å²) in [5.41, 5.74) is 0.986. The van der Waals surface area contributed by atoms with E-state index in [0.717, 1.165) is 49.9 Å². The lowest BCUT2D eigenvalue weighted by atomic mass is 10.2. The number of rotatable bonds is 10. The van der Waals surface area contributed by atoms with E-state index in [9.17, 15) is 0 Å². The largest absolute Gasteiger partial charge is 0.477 e. The normalized spacial score (nSPS) is 15.5. The standard InChI is InChI=1S/C22H33N5O2.HI/c1-3-14-29-21-18(9-7-11-24-21)16-25-22(23-4-2)26-17-19(20-10-8-15-28-20)27-12-5-6-13-27;/h7-11,15,19H,3-6,12-14,16-17H2,1-2H3,(H2,23,25,26);1H. The number of aliphatic imine (C=N–C) groups is 1. The van der Waals surface area contributed by atoms with Crippen molar-refractivity contribution in [2.75, 3.05) is 32.8 Å². The first-order valence-electron chi connectivity index (χ1n) is 10.7. The Bertz CT molecular complexity index is 748. The molecule has 1 saturated heterocycles. The zero-order valence-electron chi connectivity index (χ0n) is 18.0. The SMILES string of the molecule is CCCOc1ncccc1CN=C(NCC)NCC(c1ccco1)N1CCCC1.I. The molecule has 1 fully saturated rings. The summed E-state index contributed by atoms with van der Waals surface area (Å²) in [6.45, 7) is 9.08. The van der Waals surface area contributed by atoms with Crippen LogP contribution in [0.3, 0.4) is 0 Å². The molecule has 0 spiro atoms. The van der Waals surface area contributed by atoms with Gasteiger partial charge in [0.25, 0.3) is 0 Å². The van der Waals surface area contributed by atoms with Crippen LogP contribution in [0.25, 0.3) is 0 Å². The first-order valence-corrected chi connectivity index (χ1v) is 10.7. The minimum atomic E-state index is 0. The minimum absolute atomic E-state index is 0. The van der Waals surface area contributed by atoms with Crippen LogP contribution in [0, 0.1) is 0 Å². The van der Waals surface area contributed by atoms with Crippen LogP contribution in [0.1, 0.15) is 50.5 Å². The third kappa shape index (κ3) is 7.16. The molecule has 166 valence electrons. The second-order valence-corrected chi connectivity index (χ2v) is 7.17. The minimum Gasteiger partial charge on any atom is -0.477 e. The number of halogens is 1. The van der Waals surface area contributed by atoms with Crippen LogP contribution < -0.4 is 15.4 Å². The van der Waals surface area contributed by atoms with Crippen LogP contribution in [0.5, 0.6) is 5.88 Å². The van der Waals surface area contributed by atoms with Crippen molar-refractivity contribution in [1.29, 1.82) is 0 Å². The molecule has 8 heteroatoms. The highest BCUT2D eigenvalue weighted by molar-refractivity contribution is 14.0. The smallest absolute Gasteiger partial charge is 0.218 e. The van der Waals surface area contributed by atoms with Crippen molar-refractivity contribution in [1.82, 2.24) is 20.5 Å². The van der Waals surface area contributed by atoms with Crippen molar-refractivity contribution < 1.29 is 9.15 Å². The van der Waals surface area contributed by atoms with Gasteiger partial charge in [-0.1, -0.05) is 13.0 Å². The summed E-state index contributed by atoms with van der Waals surface area (Å²) in [5, 5.41) is 6.83. The average molecular weight is 527 g/mol. The summed E-state index contributed by atoms with van der Waals surface area (Å²) >= 11 is 0. The van der Waals surface area contributed by atoms with Gasteiger partial charge in [-0.2, -0.15) is 0 Å². The van der Waals surface area contributed by atoms with Crippen molar-refractivity contribution in [2.24, 2.45) is 4.99 Å². The molecule has 1 aliphatic rings. The van der Waals surface area contributed by atoms with Gasteiger partial charge in [0, 0.05) is 24.8 Å². The Morgan fingerprint density at radius 3 is 2.77 bits per heavy atom. The summed E-state index contributed by atoms with van der Waals surface area (Å²) < 4.78 is 11.5. The molecule has 2 aromatic rings. The zero-order valence-corrected chi connectivity index (χ0v) is 20.3. The van der Waals surface area contributed by atoms with E-state index in [1.54, 1.807) is 12.5 Å². The number of nitrogens with one attached hydrogen (secondary N) is 2. The fraction of sp³-hybridized carbons (Fsp3) is 0.545. The highest BCUT2D eigenvalue weighted by Gasteiger charge is 2.25. The van der Waals surface area contributed by atoms with E-state index in [-0.39, 0.29) is 30.0 Å². The van der Waals surface area contributed by atoms with Crippen molar-refractivity contribution >= 4 is 29.9 Å². The first-order chi connectivity index (χ1) is 14.3. The van der Waals surface area contributed by atoms with E-state index in [2.05, 4.69) is 40.4 Å². The second-order valence-electron chi connectivity index (χ2n) is 7.17. The van der Waals surface area contributed by atoms with Gasteiger partial charge in [-0.15, -0.1) is 24.0 Å². The van der Waals surface area contributed by atoms with E-state index < -0.39 is 0 Å². The van der Waals surface area contributed by atoms with E-state index in [4.69, 9.17) is 14.1 Å². The quantitative estimate of drug-likeness (QED) is 0.277. The van der Waals surface area contributed by atoms with Crippen LogP contribution >= 0.6 is 24.0 Å². The van der Waals surface area contributed by atoms with Crippen molar-refractivity contribution in [3.8, 4) is 5.88 Å². The number of furan rings is 1. The Morgan fingerprint density at radius 2 is 2.07 bits per heavy atom.